The van der Waals surface area contributed by atoms with Crippen molar-refractivity contribution in [3.63, 3.8) is 0 Å². The molecule has 28 heavy (non-hydrogen) atoms. The molecule has 3 heterocycles. The van der Waals surface area contributed by atoms with E-state index in [2.05, 4.69) is 15.0 Å². The topological polar surface area (TPSA) is 64.7 Å². The highest BCUT2D eigenvalue weighted by Gasteiger charge is 2.33. The first-order valence-electron chi connectivity index (χ1n) is 7.77. The molecule has 0 radical (unpaired) electrons. The van der Waals surface area contributed by atoms with Crippen LogP contribution in [0.5, 0.6) is 0 Å². The van der Waals surface area contributed by atoms with Crippen molar-refractivity contribution in [3.8, 4) is 0 Å². The number of nitrogen functional groups attached to an aromatic ring is 1. The van der Waals surface area contributed by atoms with Crippen LogP contribution in [0, 0.1) is 0 Å². The van der Waals surface area contributed by atoms with Gasteiger partial charge < -0.3 is 5.73 Å². The zero-order chi connectivity index (χ0) is 20.5. The van der Waals surface area contributed by atoms with Gasteiger partial charge in [-0.2, -0.15) is 26.3 Å². The molecule has 0 aliphatic rings. The highest BCUT2D eigenvalue weighted by molar-refractivity contribution is 7.99. The smallest absolute Gasteiger partial charge is 0.384 e. The molecule has 0 saturated heterocycles. The summed E-state index contributed by atoms with van der Waals surface area (Å²) in [4.78, 5) is 11.4. The van der Waals surface area contributed by atoms with Crippen molar-refractivity contribution in [2.45, 2.75) is 30.4 Å². The third kappa shape index (κ3) is 5.25. The predicted octanol–water partition coefficient (Wildman–Crippen LogP) is 5.13. The molecule has 0 aliphatic heterocycles. The van der Waals surface area contributed by atoms with Gasteiger partial charge in [0.2, 0.25) is 0 Å². The molecule has 2 N–H and O–H groups in total. The normalized spacial score (nSPS) is 12.6. The lowest BCUT2D eigenvalue weighted by atomic mass is 10.1. The molecule has 150 valence electrons. The zero-order valence-corrected chi connectivity index (χ0v) is 15.6. The molecule has 0 aromatic carbocycles. The molecule has 3 rings (SSSR count). The molecule has 0 aliphatic carbocycles. The summed E-state index contributed by atoms with van der Waals surface area (Å²) < 4.78 is 76.9. The molecule has 0 atom stereocenters. The van der Waals surface area contributed by atoms with E-state index in [0.29, 0.717) is 28.3 Å². The first kappa shape index (κ1) is 20.6. The monoisotopic (exact) mass is 438 g/mol. The van der Waals surface area contributed by atoms with Gasteiger partial charge in [0.1, 0.15) is 5.82 Å². The van der Waals surface area contributed by atoms with E-state index >= 15 is 0 Å². The number of halogens is 6. The number of aryl methyl sites for hydroxylation is 1. The Labute approximate surface area is 163 Å². The fourth-order valence-corrected chi connectivity index (χ4v) is 4.16. The van der Waals surface area contributed by atoms with E-state index in [1.807, 2.05) is 0 Å². The fourth-order valence-electron chi connectivity index (χ4n) is 2.42. The van der Waals surface area contributed by atoms with Crippen LogP contribution in [-0.2, 0) is 19.0 Å². The van der Waals surface area contributed by atoms with Crippen molar-refractivity contribution >= 4 is 39.0 Å². The second kappa shape index (κ2) is 7.74. The van der Waals surface area contributed by atoms with Crippen molar-refractivity contribution in [2.24, 2.45) is 0 Å². The Balaban J connectivity index is 1.71. The second-order valence-electron chi connectivity index (χ2n) is 5.78. The van der Waals surface area contributed by atoms with E-state index in [9.17, 15) is 26.3 Å². The van der Waals surface area contributed by atoms with Crippen LogP contribution < -0.4 is 5.73 Å². The number of anilines is 1. The van der Waals surface area contributed by atoms with E-state index in [0.717, 1.165) is 11.8 Å². The molecule has 3 aromatic rings. The largest absolute Gasteiger partial charge is 0.433 e. The summed E-state index contributed by atoms with van der Waals surface area (Å²) in [5.41, 5.74) is 4.97. The molecule has 4 nitrogen and oxygen atoms in total. The van der Waals surface area contributed by atoms with Crippen LogP contribution in [0.3, 0.4) is 0 Å². The van der Waals surface area contributed by atoms with Crippen LogP contribution >= 0.6 is 23.1 Å². The Hall–Kier alpha value is -2.08. The maximum Gasteiger partial charge on any atom is 0.433 e. The molecule has 0 fully saturated rings. The van der Waals surface area contributed by atoms with Crippen LogP contribution in [0.2, 0.25) is 0 Å². The number of hydrogen-bond donors (Lipinski definition) is 1. The van der Waals surface area contributed by atoms with Gasteiger partial charge in [0.15, 0.2) is 10.9 Å². The van der Waals surface area contributed by atoms with E-state index in [1.165, 1.54) is 22.9 Å². The summed E-state index contributed by atoms with van der Waals surface area (Å²) in [6.45, 7) is 0. The SMILES string of the molecule is Nc1cc(C(F)(F)F)nc(SCCc2cc3c(CC(F)(F)F)csc3cn2)n1. The van der Waals surface area contributed by atoms with Crippen LogP contribution in [0.15, 0.2) is 28.9 Å². The molecular formula is C16H12F6N4S2. The van der Waals surface area contributed by atoms with E-state index in [-0.39, 0.29) is 22.3 Å². The molecule has 0 amide bonds. The molecule has 0 unspecified atom stereocenters. The maximum atomic E-state index is 12.8. The van der Waals surface area contributed by atoms with Gasteiger partial charge in [-0.15, -0.1) is 11.3 Å². The minimum atomic E-state index is -4.63. The number of alkyl halides is 6. The number of thiophene rings is 1. The predicted molar refractivity (Wildman–Crippen MR) is 95.3 cm³/mol. The molecule has 0 bridgehead atoms. The fraction of sp³-hybridized carbons (Fsp3) is 0.312. The van der Waals surface area contributed by atoms with Crippen molar-refractivity contribution in [2.75, 3.05) is 11.5 Å². The number of nitrogens with two attached hydrogens (primary N) is 1. The van der Waals surface area contributed by atoms with E-state index in [4.69, 9.17) is 5.73 Å². The minimum absolute atomic E-state index is 0.123. The van der Waals surface area contributed by atoms with Gasteiger partial charge in [0, 0.05) is 23.7 Å². The number of nitrogens with zero attached hydrogens (tertiary/aromatic N) is 3. The Morgan fingerprint density at radius 1 is 1.07 bits per heavy atom. The number of fused-ring (bicyclic) bond motifs is 1. The quantitative estimate of drug-likeness (QED) is 0.340. The van der Waals surface area contributed by atoms with Crippen molar-refractivity contribution in [3.05, 3.63) is 40.7 Å². The Morgan fingerprint density at radius 2 is 1.82 bits per heavy atom. The highest BCUT2D eigenvalue weighted by atomic mass is 32.2. The molecule has 3 aromatic heterocycles. The lowest BCUT2D eigenvalue weighted by Gasteiger charge is -2.08. The molecular weight excluding hydrogens is 426 g/mol. The zero-order valence-electron chi connectivity index (χ0n) is 13.9. The number of thioether (sulfide) groups is 1. The first-order valence-corrected chi connectivity index (χ1v) is 9.64. The van der Waals surface area contributed by atoms with Crippen LogP contribution in [0.4, 0.5) is 32.2 Å². The summed E-state index contributed by atoms with van der Waals surface area (Å²) in [6.07, 6.45) is -8.15. The number of hydrogen-bond acceptors (Lipinski definition) is 6. The number of aromatic nitrogens is 3. The average molecular weight is 438 g/mol. The van der Waals surface area contributed by atoms with Gasteiger partial charge in [-0.3, -0.25) is 4.98 Å². The Bertz CT molecular complexity index is 983. The third-order valence-electron chi connectivity index (χ3n) is 3.59. The van der Waals surface area contributed by atoms with Gasteiger partial charge in [-0.05, 0) is 28.8 Å². The standard InChI is InChI=1S/C16H12F6N4S2/c17-15(18,19)5-8-7-28-11-6-24-9(3-10(8)11)1-2-27-14-25-12(16(20,21)22)4-13(23)26-14/h3-4,6-7H,1-2,5H2,(H2,23,25,26). The molecule has 0 saturated carbocycles. The van der Waals surface area contributed by atoms with Crippen molar-refractivity contribution in [1.29, 1.82) is 0 Å². The van der Waals surface area contributed by atoms with Gasteiger partial charge in [0.25, 0.3) is 0 Å². The highest BCUT2D eigenvalue weighted by Crippen LogP contribution is 2.32. The van der Waals surface area contributed by atoms with Crippen molar-refractivity contribution in [1.82, 2.24) is 15.0 Å². The number of rotatable bonds is 5. The molecule has 12 heteroatoms. The maximum absolute atomic E-state index is 12.8. The summed E-state index contributed by atoms with van der Waals surface area (Å²) in [5, 5.41) is 1.82. The third-order valence-corrected chi connectivity index (χ3v) is 5.42. The average Bonchev–Trinajstić information content (AvgIpc) is 2.94. The lowest BCUT2D eigenvalue weighted by molar-refractivity contribution is -0.141. The first-order chi connectivity index (χ1) is 13.0. The van der Waals surface area contributed by atoms with Gasteiger partial charge in [-0.25, -0.2) is 9.97 Å². The van der Waals surface area contributed by atoms with Gasteiger partial charge in [0.05, 0.1) is 11.1 Å². The lowest BCUT2D eigenvalue weighted by Crippen LogP contribution is -2.11. The summed E-state index contributed by atoms with van der Waals surface area (Å²) in [6, 6.07) is 2.23. The van der Waals surface area contributed by atoms with Gasteiger partial charge in [-0.1, -0.05) is 11.8 Å². The van der Waals surface area contributed by atoms with Crippen LogP contribution in [-0.4, -0.2) is 26.9 Å². The summed E-state index contributed by atoms with van der Waals surface area (Å²) in [7, 11) is 0. The summed E-state index contributed by atoms with van der Waals surface area (Å²) in [5.74, 6) is -0.00251. The number of pyridine rings is 1. The summed E-state index contributed by atoms with van der Waals surface area (Å²) >= 11 is 2.14. The van der Waals surface area contributed by atoms with E-state index < -0.39 is 24.5 Å². The van der Waals surface area contributed by atoms with Crippen LogP contribution in [0.25, 0.3) is 10.1 Å². The van der Waals surface area contributed by atoms with Gasteiger partial charge >= 0.3 is 12.4 Å². The minimum Gasteiger partial charge on any atom is -0.384 e. The van der Waals surface area contributed by atoms with E-state index in [1.54, 1.807) is 6.07 Å². The molecule has 0 spiro atoms. The second-order valence-corrected chi connectivity index (χ2v) is 7.75. The Kier molecular flexibility index (Phi) is 5.71. The van der Waals surface area contributed by atoms with Crippen molar-refractivity contribution < 1.29 is 26.3 Å². The Morgan fingerprint density at radius 3 is 2.50 bits per heavy atom. The van der Waals surface area contributed by atoms with Crippen LogP contribution in [0.1, 0.15) is 17.0 Å².